The molecule has 3 rings (SSSR count). The number of pyridine rings is 1. The second-order valence-corrected chi connectivity index (χ2v) is 6.43. The minimum atomic E-state index is 0.415. The molecule has 3 aromatic rings. The van der Waals surface area contributed by atoms with Crippen LogP contribution in [0, 0.1) is 13.8 Å². The van der Waals surface area contributed by atoms with Crippen molar-refractivity contribution in [3.63, 3.8) is 0 Å². The maximum Gasteiger partial charge on any atom is 0.165 e. The summed E-state index contributed by atoms with van der Waals surface area (Å²) in [6.45, 7) is 4.71. The van der Waals surface area contributed by atoms with Crippen molar-refractivity contribution in [1.82, 2.24) is 14.8 Å². The lowest BCUT2D eigenvalue weighted by atomic mass is 10.2. The Hall–Kier alpha value is -2.37. The molecule has 0 aliphatic carbocycles. The fraction of sp³-hybridized carbons (Fsp3) is 0.167. The lowest BCUT2D eigenvalue weighted by molar-refractivity contribution is 0.659. The van der Waals surface area contributed by atoms with Crippen molar-refractivity contribution in [3.8, 4) is 0 Å². The summed E-state index contributed by atoms with van der Waals surface area (Å²) in [5.74, 6) is 0.453. The first kappa shape index (κ1) is 17.5. The number of rotatable bonds is 5. The molecule has 1 aromatic carbocycles. The van der Waals surface area contributed by atoms with Gasteiger partial charge in [-0.2, -0.15) is 10.2 Å². The molecule has 128 valence electrons. The predicted molar refractivity (Wildman–Crippen MR) is 103 cm³/mol. The standard InChI is InChI=1S/C18H17Cl2N5/c1-12-16(10-22-23-18-17(20)8-15(19)9-21-18)13(2)25(24-12)11-14-6-4-3-5-7-14/h3-10H,11H2,1-2H3,(H,21,23)/b22-10+. The van der Waals surface area contributed by atoms with Crippen LogP contribution in [0.5, 0.6) is 0 Å². The summed E-state index contributed by atoms with van der Waals surface area (Å²) in [6, 6.07) is 11.8. The van der Waals surface area contributed by atoms with Crippen molar-refractivity contribution in [2.75, 3.05) is 5.43 Å². The van der Waals surface area contributed by atoms with E-state index in [-0.39, 0.29) is 0 Å². The van der Waals surface area contributed by atoms with Crippen molar-refractivity contribution in [1.29, 1.82) is 0 Å². The Kier molecular flexibility index (Phi) is 5.36. The van der Waals surface area contributed by atoms with E-state index in [1.165, 1.54) is 11.8 Å². The summed E-state index contributed by atoms with van der Waals surface area (Å²) in [7, 11) is 0. The molecular weight excluding hydrogens is 357 g/mol. The van der Waals surface area contributed by atoms with Crippen molar-refractivity contribution in [3.05, 3.63) is 75.2 Å². The van der Waals surface area contributed by atoms with Crippen LogP contribution < -0.4 is 5.43 Å². The number of hydrogen-bond acceptors (Lipinski definition) is 4. The van der Waals surface area contributed by atoms with Crippen LogP contribution in [0.15, 0.2) is 47.7 Å². The van der Waals surface area contributed by atoms with Gasteiger partial charge in [-0.15, -0.1) is 0 Å². The first-order chi connectivity index (χ1) is 12.0. The van der Waals surface area contributed by atoms with Crippen molar-refractivity contribution in [2.45, 2.75) is 20.4 Å². The molecule has 0 bridgehead atoms. The van der Waals surface area contributed by atoms with E-state index in [2.05, 4.69) is 32.7 Å². The van der Waals surface area contributed by atoms with Gasteiger partial charge in [0, 0.05) is 17.5 Å². The van der Waals surface area contributed by atoms with Gasteiger partial charge in [0.25, 0.3) is 0 Å². The molecule has 0 amide bonds. The SMILES string of the molecule is Cc1nn(Cc2ccccc2)c(C)c1/C=N/Nc1ncc(Cl)cc1Cl. The molecule has 0 aliphatic rings. The highest BCUT2D eigenvalue weighted by atomic mass is 35.5. The van der Waals surface area contributed by atoms with E-state index >= 15 is 0 Å². The van der Waals surface area contributed by atoms with E-state index < -0.39 is 0 Å². The molecule has 1 N–H and O–H groups in total. The number of aromatic nitrogens is 3. The van der Waals surface area contributed by atoms with Crippen LogP contribution in [0.25, 0.3) is 0 Å². The third-order valence-corrected chi connectivity index (χ3v) is 4.28. The Morgan fingerprint density at radius 2 is 1.96 bits per heavy atom. The van der Waals surface area contributed by atoms with Gasteiger partial charge >= 0.3 is 0 Å². The Bertz CT molecular complexity index is 903. The summed E-state index contributed by atoms with van der Waals surface area (Å²) in [5.41, 5.74) is 6.95. The topological polar surface area (TPSA) is 55.1 Å². The van der Waals surface area contributed by atoms with Gasteiger partial charge in [-0.05, 0) is 25.5 Å². The molecule has 0 radical (unpaired) electrons. The molecule has 0 spiro atoms. The number of nitrogens with zero attached hydrogens (tertiary/aromatic N) is 4. The molecule has 0 aliphatic heterocycles. The first-order valence-corrected chi connectivity index (χ1v) is 8.48. The number of benzene rings is 1. The summed E-state index contributed by atoms with van der Waals surface area (Å²) >= 11 is 11.9. The minimum absolute atomic E-state index is 0.415. The maximum absolute atomic E-state index is 6.07. The van der Waals surface area contributed by atoms with E-state index in [1.807, 2.05) is 36.7 Å². The van der Waals surface area contributed by atoms with Crippen molar-refractivity contribution < 1.29 is 0 Å². The predicted octanol–water partition coefficient (Wildman–Crippen LogP) is 4.70. The molecular formula is C18H17Cl2N5. The zero-order valence-electron chi connectivity index (χ0n) is 13.9. The third-order valence-electron chi connectivity index (χ3n) is 3.78. The van der Waals surface area contributed by atoms with Crippen LogP contribution in [0.2, 0.25) is 10.0 Å². The number of hydrazone groups is 1. The van der Waals surface area contributed by atoms with E-state index in [1.54, 1.807) is 12.3 Å². The van der Waals surface area contributed by atoms with Crippen LogP contribution >= 0.6 is 23.2 Å². The zero-order valence-corrected chi connectivity index (χ0v) is 15.4. The molecule has 0 fully saturated rings. The summed E-state index contributed by atoms with van der Waals surface area (Å²) < 4.78 is 1.97. The molecule has 25 heavy (non-hydrogen) atoms. The molecule has 0 saturated heterocycles. The molecule has 2 heterocycles. The van der Waals surface area contributed by atoms with E-state index in [0.29, 0.717) is 15.9 Å². The van der Waals surface area contributed by atoms with Crippen LogP contribution in [-0.2, 0) is 6.54 Å². The Labute approximate surface area is 156 Å². The number of nitrogens with one attached hydrogen (secondary N) is 1. The van der Waals surface area contributed by atoms with Crippen LogP contribution in [0.4, 0.5) is 5.82 Å². The molecule has 0 saturated carbocycles. The van der Waals surface area contributed by atoms with Crippen LogP contribution in [0.3, 0.4) is 0 Å². The number of aryl methyl sites for hydroxylation is 1. The van der Waals surface area contributed by atoms with Crippen molar-refractivity contribution in [2.24, 2.45) is 5.10 Å². The summed E-state index contributed by atoms with van der Waals surface area (Å²) in [4.78, 5) is 4.11. The van der Waals surface area contributed by atoms with Gasteiger partial charge in [0.2, 0.25) is 0 Å². The molecule has 5 nitrogen and oxygen atoms in total. The van der Waals surface area contributed by atoms with Gasteiger partial charge in [-0.25, -0.2) is 4.98 Å². The van der Waals surface area contributed by atoms with Crippen LogP contribution in [-0.4, -0.2) is 21.0 Å². The molecule has 2 aromatic heterocycles. The molecule has 7 heteroatoms. The normalized spacial score (nSPS) is 11.2. The number of hydrogen-bond donors (Lipinski definition) is 1. The fourth-order valence-corrected chi connectivity index (χ4v) is 2.89. The van der Waals surface area contributed by atoms with Gasteiger partial charge in [-0.3, -0.25) is 10.1 Å². The van der Waals surface area contributed by atoms with Gasteiger partial charge < -0.3 is 0 Å². The summed E-state index contributed by atoms with van der Waals surface area (Å²) in [6.07, 6.45) is 3.24. The largest absolute Gasteiger partial charge is 0.265 e. The first-order valence-electron chi connectivity index (χ1n) is 7.72. The molecule has 0 atom stereocenters. The van der Waals surface area contributed by atoms with Gasteiger partial charge in [-0.1, -0.05) is 53.5 Å². The highest BCUT2D eigenvalue weighted by molar-refractivity contribution is 6.35. The quantitative estimate of drug-likeness (QED) is 0.520. The van der Waals surface area contributed by atoms with Crippen LogP contribution in [0.1, 0.15) is 22.5 Å². The summed E-state index contributed by atoms with van der Waals surface area (Å²) in [5, 5.41) is 9.72. The zero-order chi connectivity index (χ0) is 17.8. The lowest BCUT2D eigenvalue weighted by Crippen LogP contribution is -2.04. The monoisotopic (exact) mass is 373 g/mol. The van der Waals surface area contributed by atoms with Crippen molar-refractivity contribution >= 4 is 35.2 Å². The fourth-order valence-electron chi connectivity index (χ4n) is 2.46. The molecule has 0 unspecified atom stereocenters. The van der Waals surface area contributed by atoms with Gasteiger partial charge in [0.05, 0.1) is 28.5 Å². The Balaban J connectivity index is 1.76. The Morgan fingerprint density at radius 3 is 2.68 bits per heavy atom. The van der Waals surface area contributed by atoms with Gasteiger partial charge in [0.15, 0.2) is 5.82 Å². The Morgan fingerprint density at radius 1 is 1.20 bits per heavy atom. The van der Waals surface area contributed by atoms with Gasteiger partial charge in [0.1, 0.15) is 0 Å². The average molecular weight is 374 g/mol. The second kappa shape index (κ2) is 7.68. The second-order valence-electron chi connectivity index (χ2n) is 5.58. The lowest BCUT2D eigenvalue weighted by Gasteiger charge is -2.04. The number of anilines is 1. The average Bonchev–Trinajstić information content (AvgIpc) is 2.85. The van der Waals surface area contributed by atoms with E-state index in [9.17, 15) is 0 Å². The maximum atomic E-state index is 6.07. The smallest absolute Gasteiger partial charge is 0.165 e. The highest BCUT2D eigenvalue weighted by Gasteiger charge is 2.10. The highest BCUT2D eigenvalue weighted by Crippen LogP contribution is 2.22. The minimum Gasteiger partial charge on any atom is -0.265 e. The van der Waals surface area contributed by atoms with E-state index in [0.717, 1.165) is 23.5 Å². The third kappa shape index (κ3) is 4.18. The van der Waals surface area contributed by atoms with E-state index in [4.69, 9.17) is 23.2 Å². The number of halogens is 2.